The number of benzene rings is 2. The second-order valence-corrected chi connectivity index (χ2v) is 7.65. The summed E-state index contributed by atoms with van der Waals surface area (Å²) in [4.78, 5) is 6.80. The van der Waals surface area contributed by atoms with Crippen molar-refractivity contribution in [3.8, 4) is 17.2 Å². The van der Waals surface area contributed by atoms with Crippen molar-refractivity contribution in [2.45, 2.75) is 32.4 Å². The van der Waals surface area contributed by atoms with Gasteiger partial charge in [0.1, 0.15) is 5.82 Å². The highest BCUT2D eigenvalue weighted by Crippen LogP contribution is 2.36. The van der Waals surface area contributed by atoms with Crippen LogP contribution in [0.15, 0.2) is 54.9 Å². The topological polar surface area (TPSA) is 51.6 Å². The lowest BCUT2D eigenvalue weighted by atomic mass is 10.0. The van der Waals surface area contributed by atoms with Crippen molar-refractivity contribution >= 4 is 5.69 Å². The van der Waals surface area contributed by atoms with Gasteiger partial charge in [-0.25, -0.2) is 4.98 Å². The Morgan fingerprint density at radius 1 is 1.07 bits per heavy atom. The molecular weight excluding hydrogens is 364 g/mol. The van der Waals surface area contributed by atoms with Crippen molar-refractivity contribution in [2.75, 3.05) is 24.8 Å². The van der Waals surface area contributed by atoms with Crippen LogP contribution in [0, 0.1) is 6.92 Å². The van der Waals surface area contributed by atoms with Crippen LogP contribution < -0.4 is 19.7 Å². The molecular formula is C23H26N4O2. The maximum atomic E-state index is 5.52. The first kappa shape index (κ1) is 18.1. The van der Waals surface area contributed by atoms with E-state index in [1.807, 2.05) is 25.4 Å². The van der Waals surface area contributed by atoms with Crippen molar-refractivity contribution in [2.24, 2.45) is 0 Å². The fourth-order valence-corrected chi connectivity index (χ4v) is 4.21. The normalized spacial score (nSPS) is 16.4. The monoisotopic (exact) mass is 390 g/mol. The van der Waals surface area contributed by atoms with Gasteiger partial charge < -0.3 is 24.3 Å². The van der Waals surface area contributed by atoms with Gasteiger partial charge in [0.05, 0.1) is 5.69 Å². The van der Waals surface area contributed by atoms with E-state index in [0.717, 1.165) is 49.8 Å². The molecule has 5 rings (SSSR count). The number of rotatable bonds is 5. The Labute approximate surface area is 171 Å². The molecule has 0 bridgehead atoms. The maximum absolute atomic E-state index is 5.52. The molecule has 2 aliphatic heterocycles. The van der Waals surface area contributed by atoms with E-state index in [0.29, 0.717) is 12.8 Å². The lowest BCUT2D eigenvalue weighted by Gasteiger charge is -2.34. The Morgan fingerprint density at radius 3 is 2.72 bits per heavy atom. The third-order valence-corrected chi connectivity index (χ3v) is 5.87. The Bertz CT molecular complexity index is 992. The molecule has 3 aromatic rings. The minimum absolute atomic E-state index is 0.324. The molecule has 1 fully saturated rings. The van der Waals surface area contributed by atoms with E-state index >= 15 is 0 Å². The van der Waals surface area contributed by atoms with Crippen LogP contribution in [0.25, 0.3) is 5.69 Å². The minimum Gasteiger partial charge on any atom is -0.454 e. The summed E-state index contributed by atoms with van der Waals surface area (Å²) in [5.74, 6) is 2.71. The van der Waals surface area contributed by atoms with Crippen molar-refractivity contribution in [3.63, 3.8) is 0 Å². The summed E-state index contributed by atoms with van der Waals surface area (Å²) in [5, 5.41) is 3.77. The summed E-state index contributed by atoms with van der Waals surface area (Å²) in [6.07, 6.45) is 6.13. The van der Waals surface area contributed by atoms with Gasteiger partial charge in [-0.3, -0.25) is 0 Å². The van der Waals surface area contributed by atoms with Crippen LogP contribution in [0.1, 0.15) is 24.2 Å². The Kier molecular flexibility index (Phi) is 4.86. The number of aryl methyl sites for hydroxylation is 1. The molecule has 0 amide bonds. The van der Waals surface area contributed by atoms with Crippen molar-refractivity contribution in [1.29, 1.82) is 0 Å². The van der Waals surface area contributed by atoms with Crippen LogP contribution >= 0.6 is 0 Å². The van der Waals surface area contributed by atoms with Gasteiger partial charge in [0.2, 0.25) is 6.79 Å². The summed E-state index contributed by atoms with van der Waals surface area (Å²) < 4.78 is 13.1. The van der Waals surface area contributed by atoms with E-state index in [1.54, 1.807) is 0 Å². The number of nitrogens with one attached hydrogen (secondary N) is 1. The zero-order valence-corrected chi connectivity index (χ0v) is 16.7. The molecule has 1 N–H and O–H groups in total. The molecule has 1 aromatic heterocycles. The Balaban J connectivity index is 1.20. The molecule has 0 radical (unpaired) electrons. The van der Waals surface area contributed by atoms with Gasteiger partial charge in [0.25, 0.3) is 0 Å². The first-order chi connectivity index (χ1) is 14.3. The summed E-state index contributed by atoms with van der Waals surface area (Å²) in [6.45, 7) is 5.31. The van der Waals surface area contributed by atoms with Crippen molar-refractivity contribution in [3.05, 3.63) is 66.2 Å². The predicted octanol–water partition coefficient (Wildman–Crippen LogP) is 3.67. The largest absolute Gasteiger partial charge is 0.454 e. The fraction of sp³-hybridized carbons (Fsp3) is 0.348. The lowest BCUT2D eigenvalue weighted by molar-refractivity contribution is 0.174. The SMILES string of the molecule is Cc1nccn1-c1ccccc1CNC1CCN(c2ccc3c(c2)OCO3)CC1. The summed E-state index contributed by atoms with van der Waals surface area (Å²) in [5.41, 5.74) is 3.72. The van der Waals surface area contributed by atoms with Crippen LogP contribution in [0.4, 0.5) is 5.69 Å². The maximum Gasteiger partial charge on any atom is 0.231 e. The second-order valence-electron chi connectivity index (χ2n) is 7.65. The number of nitrogens with zero attached hydrogens (tertiary/aromatic N) is 3. The van der Waals surface area contributed by atoms with Crippen LogP contribution in [-0.2, 0) is 6.54 Å². The molecule has 29 heavy (non-hydrogen) atoms. The minimum atomic E-state index is 0.324. The molecule has 3 heterocycles. The summed E-state index contributed by atoms with van der Waals surface area (Å²) in [7, 11) is 0. The summed E-state index contributed by atoms with van der Waals surface area (Å²) in [6, 6.07) is 15.3. The molecule has 2 aromatic carbocycles. The molecule has 6 heteroatoms. The number of aromatic nitrogens is 2. The average molecular weight is 390 g/mol. The number of fused-ring (bicyclic) bond motifs is 1. The van der Waals surface area contributed by atoms with E-state index in [4.69, 9.17) is 9.47 Å². The molecule has 0 spiro atoms. The standard InChI is InChI=1S/C23H26N4O2/c1-17-24-10-13-27(17)21-5-3-2-4-18(21)15-25-19-8-11-26(12-9-19)20-6-7-22-23(14-20)29-16-28-22/h2-7,10,13-14,19,25H,8-9,11-12,15-16H2,1H3. The van der Waals surface area contributed by atoms with Gasteiger partial charge >= 0.3 is 0 Å². The first-order valence-corrected chi connectivity index (χ1v) is 10.2. The third-order valence-electron chi connectivity index (χ3n) is 5.87. The number of hydrogen-bond acceptors (Lipinski definition) is 5. The molecule has 0 unspecified atom stereocenters. The van der Waals surface area contributed by atoms with E-state index in [1.165, 1.54) is 16.9 Å². The van der Waals surface area contributed by atoms with Gasteiger partial charge in [-0.1, -0.05) is 18.2 Å². The molecule has 1 saturated heterocycles. The average Bonchev–Trinajstić information content (AvgIpc) is 3.41. The lowest BCUT2D eigenvalue weighted by Crippen LogP contribution is -2.42. The third kappa shape index (κ3) is 3.68. The van der Waals surface area contributed by atoms with Gasteiger partial charge in [0.15, 0.2) is 11.5 Å². The Morgan fingerprint density at radius 2 is 1.90 bits per heavy atom. The van der Waals surface area contributed by atoms with E-state index in [-0.39, 0.29) is 0 Å². The predicted molar refractivity (Wildman–Crippen MR) is 113 cm³/mol. The first-order valence-electron chi connectivity index (χ1n) is 10.2. The highest BCUT2D eigenvalue weighted by Gasteiger charge is 2.21. The number of imidazole rings is 1. The molecule has 2 aliphatic rings. The highest BCUT2D eigenvalue weighted by molar-refractivity contribution is 5.57. The zero-order valence-electron chi connectivity index (χ0n) is 16.7. The second kappa shape index (κ2) is 7.79. The fourth-order valence-electron chi connectivity index (χ4n) is 4.21. The van der Waals surface area contributed by atoms with Gasteiger partial charge in [-0.15, -0.1) is 0 Å². The van der Waals surface area contributed by atoms with Crippen molar-refractivity contribution in [1.82, 2.24) is 14.9 Å². The van der Waals surface area contributed by atoms with E-state index in [2.05, 4.69) is 56.2 Å². The number of para-hydroxylation sites is 1. The van der Waals surface area contributed by atoms with Crippen LogP contribution in [0.5, 0.6) is 11.5 Å². The van der Waals surface area contributed by atoms with Crippen LogP contribution in [0.3, 0.4) is 0 Å². The van der Waals surface area contributed by atoms with Crippen LogP contribution in [-0.4, -0.2) is 35.5 Å². The highest BCUT2D eigenvalue weighted by atomic mass is 16.7. The number of ether oxygens (including phenoxy) is 2. The number of anilines is 1. The van der Waals surface area contributed by atoms with Crippen LogP contribution in [0.2, 0.25) is 0 Å². The van der Waals surface area contributed by atoms with Gasteiger partial charge in [-0.2, -0.15) is 0 Å². The molecule has 0 saturated carbocycles. The Hall–Kier alpha value is -2.99. The van der Waals surface area contributed by atoms with Gasteiger partial charge in [-0.05, 0) is 43.5 Å². The van der Waals surface area contributed by atoms with E-state index < -0.39 is 0 Å². The number of hydrogen-bond donors (Lipinski definition) is 1. The van der Waals surface area contributed by atoms with Crippen molar-refractivity contribution < 1.29 is 9.47 Å². The molecule has 6 nitrogen and oxygen atoms in total. The number of piperidine rings is 1. The molecule has 150 valence electrons. The van der Waals surface area contributed by atoms with E-state index in [9.17, 15) is 0 Å². The molecule has 0 atom stereocenters. The molecule has 0 aliphatic carbocycles. The smallest absolute Gasteiger partial charge is 0.231 e. The zero-order chi connectivity index (χ0) is 19.6. The van der Waals surface area contributed by atoms with Gasteiger partial charge in [0, 0.05) is 49.8 Å². The summed E-state index contributed by atoms with van der Waals surface area (Å²) >= 11 is 0. The quantitative estimate of drug-likeness (QED) is 0.720.